The van der Waals surface area contributed by atoms with E-state index < -0.39 is 11.3 Å². The molecule has 2 aromatic carbocycles. The van der Waals surface area contributed by atoms with E-state index in [2.05, 4.69) is 24.4 Å². The van der Waals surface area contributed by atoms with Crippen LogP contribution in [0.4, 0.5) is 11.4 Å². The number of amides is 2. The highest BCUT2D eigenvalue weighted by Crippen LogP contribution is 2.36. The molecule has 6 nitrogen and oxygen atoms in total. The lowest BCUT2D eigenvalue weighted by Gasteiger charge is -2.27. The first-order chi connectivity index (χ1) is 15.8. The molecule has 0 fully saturated rings. The number of amidine groups is 2. The minimum atomic E-state index is -0.395. The smallest absolute Gasteiger partial charge is 0.259 e. The Morgan fingerprint density at radius 1 is 1.15 bits per heavy atom. The summed E-state index contributed by atoms with van der Waals surface area (Å²) in [7, 11) is 0. The molecule has 0 aromatic heterocycles. The largest absolute Gasteiger partial charge is 0.325 e. The van der Waals surface area contributed by atoms with Crippen molar-refractivity contribution < 1.29 is 9.59 Å². The summed E-state index contributed by atoms with van der Waals surface area (Å²) >= 11 is 1.33. The van der Waals surface area contributed by atoms with Crippen molar-refractivity contribution in [3.05, 3.63) is 58.7 Å². The number of para-hydroxylation sites is 1. The average molecular weight is 463 g/mol. The third kappa shape index (κ3) is 4.47. The molecule has 0 saturated carbocycles. The Morgan fingerprint density at radius 2 is 1.85 bits per heavy atom. The number of nitrogens with zero attached hydrogens (tertiary/aromatic N) is 3. The number of fused-ring (bicyclic) bond motifs is 3. The van der Waals surface area contributed by atoms with Gasteiger partial charge in [0.05, 0.1) is 10.9 Å². The average Bonchev–Trinajstić information content (AvgIpc) is 3.11. The molecular formula is C26H30N4O2S. The summed E-state index contributed by atoms with van der Waals surface area (Å²) in [6.45, 7) is 10.1. The van der Waals surface area contributed by atoms with Crippen molar-refractivity contribution in [2.75, 3.05) is 5.32 Å². The topological polar surface area (TPSA) is 74.1 Å². The predicted octanol–water partition coefficient (Wildman–Crippen LogP) is 5.52. The lowest BCUT2D eigenvalue weighted by atomic mass is 10.0. The van der Waals surface area contributed by atoms with E-state index in [1.807, 2.05) is 52.0 Å². The normalized spacial score (nSPS) is 17.8. The van der Waals surface area contributed by atoms with Crippen LogP contribution >= 0.6 is 11.8 Å². The summed E-state index contributed by atoms with van der Waals surface area (Å²) in [5.41, 5.74) is 5.73. The second-order valence-electron chi connectivity index (χ2n) is 8.62. The second-order valence-corrected chi connectivity index (χ2v) is 9.79. The van der Waals surface area contributed by atoms with Crippen LogP contribution in [0.2, 0.25) is 0 Å². The quantitative estimate of drug-likeness (QED) is 0.614. The number of nitrogens with one attached hydrogen (secondary N) is 1. The van der Waals surface area contributed by atoms with E-state index in [0.29, 0.717) is 23.8 Å². The zero-order valence-corrected chi connectivity index (χ0v) is 20.6. The third-order valence-electron chi connectivity index (χ3n) is 5.95. The van der Waals surface area contributed by atoms with E-state index in [1.54, 1.807) is 4.90 Å². The van der Waals surface area contributed by atoms with Gasteiger partial charge in [-0.2, -0.15) is 0 Å². The number of anilines is 1. The Hall–Kier alpha value is -2.93. The number of aliphatic imine (C=N–C) groups is 2. The summed E-state index contributed by atoms with van der Waals surface area (Å²) in [5.74, 6) is 0.495. The van der Waals surface area contributed by atoms with Gasteiger partial charge in [-0.25, -0.2) is 9.89 Å². The third-order valence-corrected chi connectivity index (χ3v) is 7.26. The van der Waals surface area contributed by atoms with Gasteiger partial charge in [0.1, 0.15) is 11.9 Å². The van der Waals surface area contributed by atoms with Gasteiger partial charge in [-0.3, -0.25) is 14.6 Å². The van der Waals surface area contributed by atoms with Gasteiger partial charge in [0.15, 0.2) is 5.17 Å². The maximum atomic E-state index is 13.3. The van der Waals surface area contributed by atoms with Crippen molar-refractivity contribution in [2.45, 2.75) is 65.2 Å². The maximum Gasteiger partial charge on any atom is 0.259 e. The highest BCUT2D eigenvalue weighted by atomic mass is 32.2. The lowest BCUT2D eigenvalue weighted by molar-refractivity contribution is -0.124. The van der Waals surface area contributed by atoms with Gasteiger partial charge in [0, 0.05) is 11.3 Å². The first-order valence-corrected chi connectivity index (χ1v) is 12.4. The number of thioether (sulfide) groups is 1. The van der Waals surface area contributed by atoms with Gasteiger partial charge in [-0.15, -0.1) is 0 Å². The molecule has 2 atom stereocenters. The van der Waals surface area contributed by atoms with Gasteiger partial charge in [0.2, 0.25) is 5.91 Å². The van der Waals surface area contributed by atoms with Crippen molar-refractivity contribution in [2.24, 2.45) is 9.98 Å². The minimum Gasteiger partial charge on any atom is -0.325 e. The number of hydrogen-bond donors (Lipinski definition) is 1. The van der Waals surface area contributed by atoms with Crippen molar-refractivity contribution in [1.82, 2.24) is 4.90 Å². The van der Waals surface area contributed by atoms with E-state index in [0.717, 1.165) is 34.5 Å². The number of aryl methyl sites for hydroxylation is 3. The van der Waals surface area contributed by atoms with Gasteiger partial charge < -0.3 is 5.32 Å². The van der Waals surface area contributed by atoms with Crippen LogP contribution in [0.5, 0.6) is 0 Å². The fraction of sp³-hybridized carbons (Fsp3) is 0.385. The fourth-order valence-corrected chi connectivity index (χ4v) is 5.39. The molecule has 7 heteroatoms. The SMILES string of the molecule is CCC[C@@H]1N=C2c3ccccc3N=C(S[C@H](CC)C(=O)Nc3c(C)cc(C)cc3C)N2C1=O. The van der Waals surface area contributed by atoms with Crippen molar-refractivity contribution in [3.63, 3.8) is 0 Å². The fourth-order valence-electron chi connectivity index (χ4n) is 4.37. The number of hydrogen-bond acceptors (Lipinski definition) is 5. The highest BCUT2D eigenvalue weighted by molar-refractivity contribution is 8.15. The van der Waals surface area contributed by atoms with Crippen molar-refractivity contribution >= 4 is 46.0 Å². The van der Waals surface area contributed by atoms with Crippen LogP contribution in [-0.4, -0.2) is 39.0 Å². The van der Waals surface area contributed by atoms with Crippen LogP contribution in [0, 0.1) is 20.8 Å². The second kappa shape index (κ2) is 9.51. The zero-order chi connectivity index (χ0) is 23.7. The Morgan fingerprint density at radius 3 is 2.52 bits per heavy atom. The highest BCUT2D eigenvalue weighted by Gasteiger charge is 2.42. The summed E-state index contributed by atoms with van der Waals surface area (Å²) in [5, 5.41) is 3.25. The minimum absolute atomic E-state index is 0.0620. The summed E-state index contributed by atoms with van der Waals surface area (Å²) in [6, 6.07) is 11.5. The van der Waals surface area contributed by atoms with Crippen LogP contribution in [0.25, 0.3) is 0 Å². The zero-order valence-electron chi connectivity index (χ0n) is 19.8. The predicted molar refractivity (Wildman–Crippen MR) is 137 cm³/mol. The molecule has 1 N–H and O–H groups in total. The van der Waals surface area contributed by atoms with E-state index in [9.17, 15) is 9.59 Å². The van der Waals surface area contributed by atoms with Crippen LogP contribution < -0.4 is 5.32 Å². The van der Waals surface area contributed by atoms with Crippen LogP contribution in [0.3, 0.4) is 0 Å². The molecule has 2 amide bonds. The molecule has 0 bridgehead atoms. The summed E-state index contributed by atoms with van der Waals surface area (Å²) in [4.78, 5) is 37.6. The first-order valence-electron chi connectivity index (χ1n) is 11.5. The van der Waals surface area contributed by atoms with Crippen LogP contribution in [0.15, 0.2) is 46.4 Å². The Kier molecular flexibility index (Phi) is 6.70. The number of benzene rings is 2. The monoisotopic (exact) mass is 462 g/mol. The molecule has 0 aliphatic carbocycles. The molecule has 33 heavy (non-hydrogen) atoms. The van der Waals surface area contributed by atoms with Crippen molar-refractivity contribution in [3.8, 4) is 0 Å². The number of rotatable bonds is 6. The molecule has 0 spiro atoms. The van der Waals surface area contributed by atoms with Gasteiger partial charge in [0.25, 0.3) is 5.91 Å². The standard InChI is InChI=1S/C26H30N4O2S/c1-6-10-20-25(32)30-23(27-20)18-11-8-9-12-19(18)28-26(30)33-21(7-2)24(31)29-22-16(4)13-15(3)14-17(22)5/h8-9,11-14,20-21H,6-7,10H2,1-5H3,(H,29,31)/t20-,21+/m0/s1. The Balaban J connectivity index is 1.63. The molecule has 0 saturated heterocycles. The summed E-state index contributed by atoms with van der Waals surface area (Å²) < 4.78 is 0. The van der Waals surface area contributed by atoms with Crippen molar-refractivity contribution in [1.29, 1.82) is 0 Å². The number of carbonyl (C=O) groups excluding carboxylic acids is 2. The maximum absolute atomic E-state index is 13.3. The van der Waals surface area contributed by atoms with E-state index >= 15 is 0 Å². The van der Waals surface area contributed by atoms with Gasteiger partial charge >= 0.3 is 0 Å². The lowest BCUT2D eigenvalue weighted by Crippen LogP contribution is -2.42. The molecule has 2 aliphatic heterocycles. The van der Waals surface area contributed by atoms with Gasteiger partial charge in [-0.05, 0) is 56.9 Å². The van der Waals surface area contributed by atoms with E-state index in [-0.39, 0.29) is 11.8 Å². The first kappa shape index (κ1) is 23.2. The summed E-state index contributed by atoms with van der Waals surface area (Å²) in [6.07, 6.45) is 2.17. The molecule has 2 heterocycles. The molecule has 4 rings (SSSR count). The molecule has 0 unspecified atom stereocenters. The van der Waals surface area contributed by atoms with E-state index in [4.69, 9.17) is 9.98 Å². The van der Waals surface area contributed by atoms with Crippen LogP contribution in [-0.2, 0) is 9.59 Å². The molecule has 0 radical (unpaired) electrons. The molecular weight excluding hydrogens is 432 g/mol. The van der Waals surface area contributed by atoms with Gasteiger partial charge in [-0.1, -0.05) is 61.9 Å². The van der Waals surface area contributed by atoms with E-state index in [1.165, 1.54) is 17.3 Å². The van der Waals surface area contributed by atoms with Crippen LogP contribution in [0.1, 0.15) is 55.4 Å². The molecule has 2 aromatic rings. The molecule has 172 valence electrons. The Bertz CT molecular complexity index is 1150. The molecule has 2 aliphatic rings. The Labute approximate surface area is 199 Å². The number of carbonyl (C=O) groups is 2.